The average Bonchev–Trinajstić information content (AvgIpc) is 2.74. The molecule has 160 valence electrons. The number of likely N-dealkylation sites (tertiary alicyclic amines) is 1. The first kappa shape index (κ1) is 22.2. The fourth-order valence-electron chi connectivity index (χ4n) is 3.60. The Balaban J connectivity index is 1.48. The Kier molecular flexibility index (Phi) is 7.38. The molecule has 1 aliphatic heterocycles. The van der Waals surface area contributed by atoms with Crippen LogP contribution < -0.4 is 10.1 Å². The number of rotatable bonds is 6. The number of ether oxygens (including phenoxy) is 1. The summed E-state index contributed by atoms with van der Waals surface area (Å²) in [6, 6.07) is 14.9. The quantitative estimate of drug-likeness (QED) is 0.728. The third-order valence-corrected chi connectivity index (χ3v) is 5.80. The molecule has 0 saturated carbocycles. The molecule has 1 saturated heterocycles. The highest BCUT2D eigenvalue weighted by Gasteiger charge is 2.28. The molecule has 1 N–H and O–H groups in total. The highest BCUT2D eigenvalue weighted by Crippen LogP contribution is 2.21. The van der Waals surface area contributed by atoms with Crippen molar-refractivity contribution < 1.29 is 14.3 Å². The van der Waals surface area contributed by atoms with E-state index in [9.17, 15) is 9.59 Å². The third kappa shape index (κ3) is 5.54. The van der Waals surface area contributed by atoms with Gasteiger partial charge in [-0.2, -0.15) is 0 Å². The number of halogens is 1. The van der Waals surface area contributed by atoms with Gasteiger partial charge in [-0.05, 0) is 55.5 Å². The second kappa shape index (κ2) is 9.98. The van der Waals surface area contributed by atoms with Crippen molar-refractivity contribution in [2.45, 2.75) is 51.7 Å². The lowest BCUT2D eigenvalue weighted by atomic mass is 10.0. The zero-order valence-corrected chi connectivity index (χ0v) is 18.5. The summed E-state index contributed by atoms with van der Waals surface area (Å²) in [4.78, 5) is 27.0. The van der Waals surface area contributed by atoms with E-state index in [2.05, 4.69) is 19.2 Å². The van der Waals surface area contributed by atoms with Crippen LogP contribution in [0.4, 0.5) is 0 Å². The van der Waals surface area contributed by atoms with Crippen LogP contribution in [0.25, 0.3) is 0 Å². The summed E-state index contributed by atoms with van der Waals surface area (Å²) in [7, 11) is 0. The van der Waals surface area contributed by atoms with E-state index in [1.807, 2.05) is 29.2 Å². The fourth-order valence-corrected chi connectivity index (χ4v) is 3.82. The van der Waals surface area contributed by atoms with Crippen molar-refractivity contribution in [3.05, 3.63) is 64.7 Å². The van der Waals surface area contributed by atoms with Crippen LogP contribution in [0.15, 0.2) is 48.5 Å². The number of hydrogen-bond donors (Lipinski definition) is 1. The molecule has 6 heteroatoms. The third-order valence-electron chi connectivity index (χ3n) is 5.47. The van der Waals surface area contributed by atoms with Crippen molar-refractivity contribution in [2.75, 3.05) is 13.1 Å². The molecule has 1 fully saturated rings. The molecule has 1 atom stereocenters. The van der Waals surface area contributed by atoms with E-state index in [0.717, 1.165) is 0 Å². The maximum absolute atomic E-state index is 12.8. The van der Waals surface area contributed by atoms with Crippen molar-refractivity contribution in [1.29, 1.82) is 0 Å². The Labute approximate surface area is 183 Å². The predicted molar refractivity (Wildman–Crippen MR) is 119 cm³/mol. The number of carbonyl (C=O) groups is 2. The van der Waals surface area contributed by atoms with Crippen LogP contribution in [0.5, 0.6) is 5.75 Å². The summed E-state index contributed by atoms with van der Waals surface area (Å²) in [6.45, 7) is 7.24. The second-order valence-electron chi connectivity index (χ2n) is 8.04. The first-order valence-electron chi connectivity index (χ1n) is 10.5. The topological polar surface area (TPSA) is 58.6 Å². The van der Waals surface area contributed by atoms with E-state index >= 15 is 0 Å². The van der Waals surface area contributed by atoms with E-state index in [4.69, 9.17) is 16.3 Å². The molecule has 0 spiro atoms. The van der Waals surface area contributed by atoms with Gasteiger partial charge in [0.1, 0.15) is 5.75 Å². The van der Waals surface area contributed by atoms with Crippen LogP contribution in [0.2, 0.25) is 5.02 Å². The van der Waals surface area contributed by atoms with Crippen LogP contribution in [-0.4, -0.2) is 41.9 Å². The number of benzene rings is 2. The van der Waals surface area contributed by atoms with E-state index < -0.39 is 6.10 Å². The van der Waals surface area contributed by atoms with Gasteiger partial charge >= 0.3 is 0 Å². The molecule has 2 aromatic carbocycles. The molecule has 0 aromatic heterocycles. The fraction of sp³-hybridized carbons (Fsp3) is 0.417. The number of piperidine rings is 1. The molecule has 1 unspecified atom stereocenters. The lowest BCUT2D eigenvalue weighted by Gasteiger charge is -2.34. The van der Waals surface area contributed by atoms with Crippen LogP contribution in [0.1, 0.15) is 55.5 Å². The highest BCUT2D eigenvalue weighted by atomic mass is 35.5. The minimum absolute atomic E-state index is 0.0256. The van der Waals surface area contributed by atoms with E-state index in [-0.39, 0.29) is 17.9 Å². The average molecular weight is 429 g/mol. The van der Waals surface area contributed by atoms with Crippen LogP contribution >= 0.6 is 11.6 Å². The Hall–Kier alpha value is -2.53. The standard InChI is InChI=1S/C24H29ClN2O3/c1-16(2)18-8-10-20(11-9-18)30-17(3)24(29)27-14-12-19(13-15-27)26-23(28)21-6-4-5-7-22(21)25/h4-11,16-17,19H,12-15H2,1-3H3,(H,26,28). The molecule has 0 bridgehead atoms. The van der Waals surface area contributed by atoms with Gasteiger partial charge in [-0.15, -0.1) is 0 Å². The van der Waals surface area contributed by atoms with Crippen LogP contribution in [-0.2, 0) is 4.79 Å². The van der Waals surface area contributed by atoms with Crippen molar-refractivity contribution >= 4 is 23.4 Å². The van der Waals surface area contributed by atoms with E-state index in [1.54, 1.807) is 31.2 Å². The second-order valence-corrected chi connectivity index (χ2v) is 8.44. The smallest absolute Gasteiger partial charge is 0.263 e. The van der Waals surface area contributed by atoms with Gasteiger partial charge in [0.15, 0.2) is 6.10 Å². The Morgan fingerprint density at radius 1 is 1.03 bits per heavy atom. The van der Waals surface area contributed by atoms with Crippen LogP contribution in [0.3, 0.4) is 0 Å². The van der Waals surface area contributed by atoms with Gasteiger partial charge in [-0.1, -0.05) is 49.7 Å². The predicted octanol–water partition coefficient (Wildman–Crippen LogP) is 4.65. The molecule has 1 aliphatic rings. The summed E-state index contributed by atoms with van der Waals surface area (Å²) in [5.74, 6) is 0.950. The summed E-state index contributed by atoms with van der Waals surface area (Å²) in [5, 5.41) is 3.47. The zero-order chi connectivity index (χ0) is 21.7. The molecular formula is C24H29ClN2O3. The lowest BCUT2D eigenvalue weighted by Crippen LogP contribution is -2.49. The monoisotopic (exact) mass is 428 g/mol. The van der Waals surface area contributed by atoms with Crippen molar-refractivity contribution in [2.24, 2.45) is 0 Å². The van der Waals surface area contributed by atoms with Gasteiger partial charge in [-0.3, -0.25) is 9.59 Å². The Morgan fingerprint density at radius 3 is 2.27 bits per heavy atom. The normalized spacial score (nSPS) is 15.7. The summed E-state index contributed by atoms with van der Waals surface area (Å²) >= 11 is 6.10. The number of hydrogen-bond acceptors (Lipinski definition) is 3. The van der Waals surface area contributed by atoms with Gasteiger partial charge in [-0.25, -0.2) is 0 Å². The molecule has 0 radical (unpaired) electrons. The highest BCUT2D eigenvalue weighted by molar-refractivity contribution is 6.33. The van der Waals surface area contributed by atoms with E-state index in [0.29, 0.717) is 48.2 Å². The van der Waals surface area contributed by atoms with Gasteiger partial charge in [0.25, 0.3) is 11.8 Å². The van der Waals surface area contributed by atoms with Gasteiger partial charge < -0.3 is 15.0 Å². The molecule has 30 heavy (non-hydrogen) atoms. The first-order valence-corrected chi connectivity index (χ1v) is 10.8. The number of nitrogens with one attached hydrogen (secondary N) is 1. The molecule has 1 heterocycles. The van der Waals surface area contributed by atoms with E-state index in [1.165, 1.54) is 5.56 Å². The first-order chi connectivity index (χ1) is 14.3. The molecule has 3 rings (SSSR count). The van der Waals surface area contributed by atoms with Crippen molar-refractivity contribution in [3.63, 3.8) is 0 Å². The molecule has 0 aliphatic carbocycles. The molecular weight excluding hydrogens is 400 g/mol. The van der Waals surface area contributed by atoms with Gasteiger partial charge in [0, 0.05) is 19.1 Å². The van der Waals surface area contributed by atoms with Gasteiger partial charge in [0.05, 0.1) is 10.6 Å². The van der Waals surface area contributed by atoms with Crippen molar-refractivity contribution in [1.82, 2.24) is 10.2 Å². The largest absolute Gasteiger partial charge is 0.481 e. The summed E-state index contributed by atoms with van der Waals surface area (Å²) in [5.41, 5.74) is 1.71. The maximum Gasteiger partial charge on any atom is 0.263 e. The summed E-state index contributed by atoms with van der Waals surface area (Å²) in [6.07, 6.45) is 0.860. The van der Waals surface area contributed by atoms with Crippen molar-refractivity contribution in [3.8, 4) is 5.75 Å². The molecule has 5 nitrogen and oxygen atoms in total. The molecule has 2 amide bonds. The Morgan fingerprint density at radius 2 is 1.67 bits per heavy atom. The summed E-state index contributed by atoms with van der Waals surface area (Å²) < 4.78 is 5.85. The zero-order valence-electron chi connectivity index (χ0n) is 17.7. The SMILES string of the molecule is CC(Oc1ccc(C(C)C)cc1)C(=O)N1CCC(NC(=O)c2ccccc2Cl)CC1. The number of nitrogens with zero attached hydrogens (tertiary/aromatic N) is 1. The minimum atomic E-state index is -0.552. The maximum atomic E-state index is 12.8. The molecule has 2 aromatic rings. The van der Waals surface area contributed by atoms with Crippen LogP contribution in [0, 0.1) is 0 Å². The van der Waals surface area contributed by atoms with Gasteiger partial charge in [0.2, 0.25) is 0 Å². The minimum Gasteiger partial charge on any atom is -0.481 e. The lowest BCUT2D eigenvalue weighted by molar-refractivity contribution is -0.139. The number of amides is 2. The Bertz CT molecular complexity index is 874. The number of carbonyl (C=O) groups excluding carboxylic acids is 2.